The first-order chi connectivity index (χ1) is 9.72. The number of carbonyl (C=O) groups excluding carboxylic acids is 1. The number of fused-ring (bicyclic) bond motifs is 3. The number of esters is 1. The molecule has 0 aliphatic carbocycles. The lowest BCUT2D eigenvalue weighted by atomic mass is 10.4. The first kappa shape index (κ1) is 14.0. The maximum atomic E-state index is 11.8. The highest BCUT2D eigenvalue weighted by molar-refractivity contribution is 7.38. The molecule has 0 saturated heterocycles. The van der Waals surface area contributed by atoms with Crippen molar-refractivity contribution < 1.29 is 14.3 Å². The van der Waals surface area contributed by atoms with Gasteiger partial charge in [0.15, 0.2) is 0 Å². The Morgan fingerprint density at radius 2 is 1.80 bits per heavy atom. The van der Waals surface area contributed by atoms with Gasteiger partial charge < -0.3 is 9.47 Å². The average Bonchev–Trinajstić information content (AvgIpc) is 3.06. The fourth-order valence-electron chi connectivity index (χ4n) is 1.96. The zero-order chi connectivity index (χ0) is 14.1. The third-order valence-corrected chi connectivity index (χ3v) is 6.53. The standard InChI is InChI=1S/C14H14O3S3/c1-3-16-7-8-5-9-12(18-8)13-10(19-9)6-11(20-13)14(15)17-4-2/h5-6H,3-4,7H2,1-2H3. The van der Waals surface area contributed by atoms with Crippen molar-refractivity contribution in [1.29, 1.82) is 0 Å². The van der Waals surface area contributed by atoms with E-state index in [2.05, 4.69) is 6.07 Å². The van der Waals surface area contributed by atoms with Crippen LogP contribution < -0.4 is 0 Å². The molecule has 0 bridgehead atoms. The molecule has 3 aromatic heterocycles. The summed E-state index contributed by atoms with van der Waals surface area (Å²) in [6, 6.07) is 4.13. The fraction of sp³-hybridized carbons (Fsp3) is 0.357. The molecule has 3 rings (SSSR count). The van der Waals surface area contributed by atoms with Gasteiger partial charge in [0.25, 0.3) is 0 Å². The summed E-state index contributed by atoms with van der Waals surface area (Å²) >= 11 is 5.01. The molecule has 0 aliphatic rings. The molecule has 0 unspecified atom stereocenters. The summed E-state index contributed by atoms with van der Waals surface area (Å²) in [7, 11) is 0. The van der Waals surface area contributed by atoms with E-state index in [1.807, 2.05) is 19.9 Å². The monoisotopic (exact) mass is 326 g/mol. The lowest BCUT2D eigenvalue weighted by Crippen LogP contribution is -2.01. The predicted molar refractivity (Wildman–Crippen MR) is 86.4 cm³/mol. The summed E-state index contributed by atoms with van der Waals surface area (Å²) in [5.41, 5.74) is 0. The number of rotatable bonds is 5. The second-order valence-electron chi connectivity index (χ2n) is 4.17. The Morgan fingerprint density at radius 1 is 1.05 bits per heavy atom. The predicted octanol–water partition coefficient (Wildman–Crippen LogP) is 4.89. The highest BCUT2D eigenvalue weighted by Gasteiger charge is 2.17. The maximum Gasteiger partial charge on any atom is 0.348 e. The topological polar surface area (TPSA) is 35.5 Å². The summed E-state index contributed by atoms with van der Waals surface area (Å²) < 4.78 is 15.4. The highest BCUT2D eigenvalue weighted by atomic mass is 32.1. The largest absolute Gasteiger partial charge is 0.462 e. The van der Waals surface area contributed by atoms with Crippen molar-refractivity contribution in [3.63, 3.8) is 0 Å². The van der Waals surface area contributed by atoms with Gasteiger partial charge in [0.1, 0.15) is 4.88 Å². The molecule has 0 atom stereocenters. The van der Waals surface area contributed by atoms with E-state index in [-0.39, 0.29) is 5.97 Å². The third kappa shape index (κ3) is 2.48. The lowest BCUT2D eigenvalue weighted by molar-refractivity contribution is 0.0532. The molecule has 0 saturated carbocycles. The quantitative estimate of drug-likeness (QED) is 0.626. The Morgan fingerprint density at radius 3 is 2.55 bits per heavy atom. The average molecular weight is 326 g/mol. The van der Waals surface area contributed by atoms with Crippen LogP contribution in [-0.4, -0.2) is 19.2 Å². The molecule has 106 valence electrons. The van der Waals surface area contributed by atoms with Crippen LogP contribution in [0.2, 0.25) is 0 Å². The second-order valence-corrected chi connectivity index (χ2v) is 7.44. The van der Waals surface area contributed by atoms with E-state index in [0.29, 0.717) is 18.1 Å². The van der Waals surface area contributed by atoms with Gasteiger partial charge >= 0.3 is 5.97 Å². The summed E-state index contributed by atoms with van der Waals surface area (Å²) in [6.07, 6.45) is 0. The van der Waals surface area contributed by atoms with Crippen LogP contribution in [-0.2, 0) is 16.1 Å². The molecule has 20 heavy (non-hydrogen) atoms. The Hall–Kier alpha value is -0.950. The van der Waals surface area contributed by atoms with Crippen LogP contribution >= 0.6 is 34.0 Å². The normalized spacial score (nSPS) is 11.5. The van der Waals surface area contributed by atoms with Crippen LogP contribution in [0.25, 0.3) is 18.8 Å². The Labute approximate surface area is 128 Å². The van der Waals surface area contributed by atoms with Crippen molar-refractivity contribution in [2.24, 2.45) is 0 Å². The van der Waals surface area contributed by atoms with Gasteiger partial charge in [-0.2, -0.15) is 0 Å². The van der Waals surface area contributed by atoms with Crippen molar-refractivity contribution in [3.05, 3.63) is 21.9 Å². The minimum absolute atomic E-state index is 0.222. The van der Waals surface area contributed by atoms with Crippen molar-refractivity contribution in [2.75, 3.05) is 13.2 Å². The van der Waals surface area contributed by atoms with Crippen LogP contribution in [0, 0.1) is 0 Å². The van der Waals surface area contributed by atoms with E-state index in [1.54, 1.807) is 22.7 Å². The summed E-state index contributed by atoms with van der Waals surface area (Å²) in [4.78, 5) is 13.7. The minimum Gasteiger partial charge on any atom is -0.462 e. The van der Waals surface area contributed by atoms with Gasteiger partial charge in [-0.25, -0.2) is 4.79 Å². The van der Waals surface area contributed by atoms with Crippen LogP contribution in [0.4, 0.5) is 0 Å². The molecular weight excluding hydrogens is 312 g/mol. The Kier molecular flexibility index (Phi) is 4.07. The zero-order valence-corrected chi connectivity index (χ0v) is 13.7. The summed E-state index contributed by atoms with van der Waals surface area (Å²) in [5.74, 6) is -0.222. The van der Waals surface area contributed by atoms with Crippen molar-refractivity contribution in [1.82, 2.24) is 0 Å². The van der Waals surface area contributed by atoms with Gasteiger partial charge in [-0.15, -0.1) is 34.0 Å². The molecule has 0 spiro atoms. The molecule has 3 aromatic rings. The molecule has 3 heterocycles. The van der Waals surface area contributed by atoms with Crippen LogP contribution in [0.15, 0.2) is 12.1 Å². The van der Waals surface area contributed by atoms with E-state index in [0.717, 1.165) is 6.61 Å². The van der Waals surface area contributed by atoms with Gasteiger partial charge in [-0.05, 0) is 26.0 Å². The van der Waals surface area contributed by atoms with Gasteiger partial charge in [0.05, 0.1) is 22.6 Å². The summed E-state index contributed by atoms with van der Waals surface area (Å²) in [6.45, 7) is 5.63. The smallest absolute Gasteiger partial charge is 0.348 e. The van der Waals surface area contributed by atoms with Gasteiger partial charge in [-0.3, -0.25) is 0 Å². The number of ether oxygens (including phenoxy) is 2. The Bertz CT molecular complexity index is 750. The molecule has 0 N–H and O–H groups in total. The van der Waals surface area contributed by atoms with Crippen molar-refractivity contribution in [3.8, 4) is 0 Å². The van der Waals surface area contributed by atoms with Gasteiger partial charge in [0.2, 0.25) is 0 Å². The molecule has 6 heteroatoms. The van der Waals surface area contributed by atoms with E-state index < -0.39 is 0 Å². The first-order valence-corrected chi connectivity index (χ1v) is 8.87. The van der Waals surface area contributed by atoms with E-state index in [4.69, 9.17) is 9.47 Å². The third-order valence-electron chi connectivity index (χ3n) is 2.80. The number of hydrogen-bond acceptors (Lipinski definition) is 6. The van der Waals surface area contributed by atoms with Crippen LogP contribution in [0.1, 0.15) is 28.4 Å². The number of hydrogen-bond donors (Lipinski definition) is 0. The van der Waals surface area contributed by atoms with Crippen LogP contribution in [0.3, 0.4) is 0 Å². The minimum atomic E-state index is -0.222. The van der Waals surface area contributed by atoms with Crippen LogP contribution in [0.5, 0.6) is 0 Å². The fourth-order valence-corrected chi connectivity index (χ4v) is 5.84. The molecule has 0 amide bonds. The molecule has 0 fully saturated rings. The Balaban J connectivity index is 1.97. The zero-order valence-electron chi connectivity index (χ0n) is 11.2. The number of thiophene rings is 3. The van der Waals surface area contributed by atoms with E-state index in [9.17, 15) is 4.79 Å². The number of carbonyl (C=O) groups is 1. The van der Waals surface area contributed by atoms with E-state index in [1.165, 1.54) is 35.0 Å². The van der Waals surface area contributed by atoms with Crippen molar-refractivity contribution >= 4 is 58.8 Å². The molecule has 0 aromatic carbocycles. The molecular formula is C14H14O3S3. The van der Waals surface area contributed by atoms with Crippen molar-refractivity contribution in [2.45, 2.75) is 20.5 Å². The second kappa shape index (κ2) is 5.81. The van der Waals surface area contributed by atoms with E-state index >= 15 is 0 Å². The SMILES string of the molecule is CCOCc1cc2sc3cc(C(=O)OCC)sc3c2s1. The lowest BCUT2D eigenvalue weighted by Gasteiger charge is -1.96. The van der Waals surface area contributed by atoms with Gasteiger partial charge in [-0.1, -0.05) is 0 Å². The first-order valence-electron chi connectivity index (χ1n) is 6.42. The summed E-state index contributed by atoms with van der Waals surface area (Å²) in [5, 5.41) is 0. The molecule has 3 nitrogen and oxygen atoms in total. The maximum absolute atomic E-state index is 11.8. The molecule has 0 radical (unpaired) electrons. The highest BCUT2D eigenvalue weighted by Crippen LogP contribution is 2.43. The van der Waals surface area contributed by atoms with Gasteiger partial charge in [0, 0.05) is 20.9 Å². The molecule has 0 aliphatic heterocycles.